The fraction of sp³-hybridized carbons (Fsp3) is 0.0244. The molecular formula is C41H23F3O. The van der Waals surface area contributed by atoms with Gasteiger partial charge in [0.2, 0.25) is 0 Å². The van der Waals surface area contributed by atoms with Crippen LogP contribution in [-0.2, 0) is 6.18 Å². The van der Waals surface area contributed by atoms with E-state index in [2.05, 4.69) is 24.3 Å². The van der Waals surface area contributed by atoms with Crippen molar-refractivity contribution < 1.29 is 23.1 Å². The number of benzene rings is 8. The van der Waals surface area contributed by atoms with Gasteiger partial charge in [0.05, 0.1) is 11.0 Å². The maximum Gasteiger partial charge on any atom is 0.416 e. The molecule has 1 nitrogen and oxygen atoms in total. The Morgan fingerprint density at radius 3 is 1.89 bits per heavy atom. The van der Waals surface area contributed by atoms with Crippen LogP contribution in [-0.4, -0.2) is 0 Å². The molecule has 0 unspecified atom stereocenters. The highest BCUT2D eigenvalue weighted by Crippen LogP contribution is 2.47. The second-order valence-corrected chi connectivity index (χ2v) is 11.3. The van der Waals surface area contributed by atoms with Crippen molar-refractivity contribution >= 4 is 65.0 Å². The van der Waals surface area contributed by atoms with E-state index in [1.165, 1.54) is 12.1 Å². The van der Waals surface area contributed by atoms with Crippen LogP contribution in [0.5, 0.6) is 0 Å². The van der Waals surface area contributed by atoms with Crippen molar-refractivity contribution in [3.63, 3.8) is 0 Å². The van der Waals surface area contributed by atoms with Gasteiger partial charge in [-0.1, -0.05) is 109 Å². The number of halogens is 3. The van der Waals surface area contributed by atoms with E-state index in [1.807, 2.05) is 66.7 Å². The topological polar surface area (TPSA) is 13.1 Å². The number of rotatable bonds is 2. The Morgan fingerprint density at radius 2 is 1.16 bits per heavy atom. The predicted molar refractivity (Wildman–Crippen MR) is 180 cm³/mol. The molecule has 9 rings (SSSR count). The molecule has 0 saturated carbocycles. The molecule has 214 valence electrons. The molecule has 0 bridgehead atoms. The van der Waals surface area contributed by atoms with Gasteiger partial charge in [0.1, 0.15) is 11.2 Å². The molecule has 8 aromatic carbocycles. The zero-order valence-electron chi connectivity index (χ0n) is 27.5. The van der Waals surface area contributed by atoms with E-state index in [-0.39, 0.29) is 29.8 Å². The molecule has 0 fully saturated rings. The van der Waals surface area contributed by atoms with E-state index in [4.69, 9.17) is 9.90 Å². The largest absolute Gasteiger partial charge is 0.456 e. The minimum atomic E-state index is -4.43. The van der Waals surface area contributed by atoms with Crippen molar-refractivity contribution in [2.24, 2.45) is 0 Å². The number of fused-ring (bicyclic) bond motifs is 8. The molecule has 1 heterocycles. The lowest BCUT2D eigenvalue weighted by molar-refractivity contribution is -0.137. The molecule has 0 aliphatic heterocycles. The maximum absolute atomic E-state index is 13.5. The Kier molecular flexibility index (Phi) is 4.61. The van der Waals surface area contributed by atoms with Crippen molar-refractivity contribution in [3.05, 3.63) is 145 Å². The molecule has 45 heavy (non-hydrogen) atoms. The number of furan rings is 1. The van der Waals surface area contributed by atoms with Crippen LogP contribution in [0.3, 0.4) is 0 Å². The van der Waals surface area contributed by atoms with Gasteiger partial charge in [-0.3, -0.25) is 0 Å². The maximum atomic E-state index is 13.5. The average molecular weight is 593 g/mol. The summed E-state index contributed by atoms with van der Waals surface area (Å²) in [7, 11) is 0. The third kappa shape index (κ3) is 3.89. The third-order valence-electron chi connectivity index (χ3n) is 8.78. The Bertz CT molecular complexity index is 2820. The van der Waals surface area contributed by atoms with Crippen molar-refractivity contribution in [1.82, 2.24) is 0 Å². The molecule has 0 N–H and O–H groups in total. The summed E-state index contributed by atoms with van der Waals surface area (Å²) < 4.78 is 80.6. The van der Waals surface area contributed by atoms with Crippen LogP contribution in [0, 0.1) is 0 Å². The summed E-state index contributed by atoms with van der Waals surface area (Å²) in [6.45, 7) is 0. The van der Waals surface area contributed by atoms with E-state index < -0.39 is 11.7 Å². The number of alkyl halides is 3. The molecule has 0 aliphatic rings. The Hall–Kier alpha value is -5.61. The third-order valence-corrected chi connectivity index (χ3v) is 8.78. The molecule has 0 aliphatic carbocycles. The van der Waals surface area contributed by atoms with Gasteiger partial charge in [0.15, 0.2) is 0 Å². The van der Waals surface area contributed by atoms with Crippen LogP contribution >= 0.6 is 0 Å². The van der Waals surface area contributed by atoms with Crippen molar-refractivity contribution in [2.75, 3.05) is 0 Å². The molecule has 9 aromatic rings. The zero-order valence-corrected chi connectivity index (χ0v) is 23.5. The summed E-state index contributed by atoms with van der Waals surface area (Å²) in [5.74, 6) is 0. The lowest BCUT2D eigenvalue weighted by Crippen LogP contribution is -2.04. The van der Waals surface area contributed by atoms with Gasteiger partial charge < -0.3 is 4.42 Å². The summed E-state index contributed by atoms with van der Waals surface area (Å²) >= 11 is 0. The highest BCUT2D eigenvalue weighted by Gasteiger charge is 2.30. The van der Waals surface area contributed by atoms with Gasteiger partial charge in [0.25, 0.3) is 0 Å². The van der Waals surface area contributed by atoms with Crippen LogP contribution in [0.25, 0.3) is 87.3 Å². The van der Waals surface area contributed by atoms with Gasteiger partial charge in [-0.05, 0) is 90.3 Å². The first kappa shape index (κ1) is 22.0. The van der Waals surface area contributed by atoms with Crippen molar-refractivity contribution in [3.8, 4) is 22.3 Å². The van der Waals surface area contributed by atoms with Crippen molar-refractivity contribution in [2.45, 2.75) is 6.18 Å². The lowest BCUT2D eigenvalue weighted by Gasteiger charge is -2.19. The van der Waals surface area contributed by atoms with Gasteiger partial charge >= 0.3 is 6.18 Å². The zero-order chi connectivity index (χ0) is 33.8. The fourth-order valence-corrected chi connectivity index (χ4v) is 6.87. The minimum absolute atomic E-state index is 0.118. The number of hydrogen-bond acceptors (Lipinski definition) is 1. The highest BCUT2D eigenvalue weighted by molar-refractivity contribution is 6.28. The van der Waals surface area contributed by atoms with Crippen molar-refractivity contribution in [1.29, 1.82) is 0 Å². The van der Waals surface area contributed by atoms with Crippen LogP contribution in [0.2, 0.25) is 0 Å². The van der Waals surface area contributed by atoms with Gasteiger partial charge in [-0.25, -0.2) is 0 Å². The smallest absolute Gasteiger partial charge is 0.416 e. The Morgan fingerprint density at radius 1 is 0.511 bits per heavy atom. The monoisotopic (exact) mass is 592 g/mol. The summed E-state index contributed by atoms with van der Waals surface area (Å²) in [5.41, 5.74) is 3.59. The van der Waals surface area contributed by atoms with E-state index in [1.54, 1.807) is 6.07 Å². The first-order valence-electron chi connectivity index (χ1n) is 16.5. The molecule has 4 heteroatoms. The standard InChI is InChI=1S/C41H23F3O/c42-41(43,44)28-20-18-25-22-27(17-16-26(25)23-28)37-29-9-1-3-11-31(29)39(32-12-4-2-10-30(32)37)34-14-7-8-24-19-21-36-40(38(24)34)33-13-5-6-15-35(33)45-36/h1-23H/i5D,6D,13D,15D. The van der Waals surface area contributed by atoms with E-state index in [9.17, 15) is 13.2 Å². The van der Waals surface area contributed by atoms with Crippen LogP contribution in [0.1, 0.15) is 11.0 Å². The second kappa shape index (κ2) is 9.44. The summed E-state index contributed by atoms with van der Waals surface area (Å²) in [5, 5.41) is 7.74. The molecule has 0 atom stereocenters. The molecule has 0 saturated heterocycles. The van der Waals surface area contributed by atoms with E-state index >= 15 is 0 Å². The molecule has 0 radical (unpaired) electrons. The Balaban J connectivity index is 1.40. The number of para-hydroxylation sites is 1. The summed E-state index contributed by atoms with van der Waals surface area (Å²) in [6.07, 6.45) is -4.43. The van der Waals surface area contributed by atoms with Gasteiger partial charge in [-0.15, -0.1) is 0 Å². The van der Waals surface area contributed by atoms with E-state index in [0.717, 1.165) is 60.6 Å². The summed E-state index contributed by atoms with van der Waals surface area (Å²) in [4.78, 5) is 0. The second-order valence-electron chi connectivity index (χ2n) is 11.3. The average Bonchev–Trinajstić information content (AvgIpc) is 3.51. The molecule has 1 aromatic heterocycles. The first-order valence-corrected chi connectivity index (χ1v) is 14.5. The fourth-order valence-electron chi connectivity index (χ4n) is 6.87. The van der Waals surface area contributed by atoms with E-state index in [0.29, 0.717) is 27.1 Å². The first-order chi connectivity index (χ1) is 23.6. The minimum Gasteiger partial charge on any atom is -0.456 e. The molecular weight excluding hydrogens is 565 g/mol. The van der Waals surface area contributed by atoms with Crippen LogP contribution in [0.15, 0.2) is 144 Å². The van der Waals surface area contributed by atoms with Gasteiger partial charge in [0, 0.05) is 16.2 Å². The Labute approximate surface area is 261 Å². The lowest BCUT2D eigenvalue weighted by atomic mass is 9.84. The SMILES string of the molecule is [2H]c1c([2H])c([2H])c2c(oc3ccc4cccc(-c5c6ccccc6c(-c6ccc7cc(C(F)(F)F)ccc7c6)c6ccccc56)c4c32)c1[2H]. The summed E-state index contributed by atoms with van der Waals surface area (Å²) in [6, 6.07) is 34.3. The molecule has 0 spiro atoms. The highest BCUT2D eigenvalue weighted by atomic mass is 19.4. The predicted octanol–water partition coefficient (Wildman–Crippen LogP) is 12.6. The van der Waals surface area contributed by atoms with Crippen LogP contribution < -0.4 is 0 Å². The quantitative estimate of drug-likeness (QED) is 0.182. The normalized spacial score (nSPS) is 13.6. The molecule has 0 amide bonds. The number of hydrogen-bond donors (Lipinski definition) is 0. The van der Waals surface area contributed by atoms with Crippen LogP contribution in [0.4, 0.5) is 13.2 Å². The van der Waals surface area contributed by atoms with Gasteiger partial charge in [-0.2, -0.15) is 13.2 Å².